The highest BCUT2D eigenvalue weighted by Gasteiger charge is 2.41. The van der Waals surface area contributed by atoms with Gasteiger partial charge in [0.1, 0.15) is 4.47 Å². The first-order valence-electron chi connectivity index (χ1n) is 8.12. The number of anilines is 1. The maximum Gasteiger partial charge on any atom is 0.283 e. The molecule has 2 aliphatic rings. The van der Waals surface area contributed by atoms with Crippen LogP contribution in [0.25, 0.3) is 0 Å². The van der Waals surface area contributed by atoms with E-state index in [1.165, 1.54) is 30.4 Å². The van der Waals surface area contributed by atoms with E-state index in [0.717, 1.165) is 29.9 Å². The van der Waals surface area contributed by atoms with E-state index < -0.39 is 0 Å². The highest BCUT2D eigenvalue weighted by molar-refractivity contribution is 9.10. The number of nitrogens with one attached hydrogen (secondary N) is 1. The summed E-state index contributed by atoms with van der Waals surface area (Å²) >= 11 is 3.44. The Morgan fingerprint density at radius 1 is 1.48 bits per heavy atom. The van der Waals surface area contributed by atoms with Gasteiger partial charge < -0.3 is 5.32 Å². The Bertz CT molecular complexity index is 571. The number of nitrogens with zero attached hydrogens (tertiary/aromatic N) is 2. The molecular weight excluding hydrogens is 330 g/mol. The summed E-state index contributed by atoms with van der Waals surface area (Å²) in [5.74, 6) is 2.57. The summed E-state index contributed by atoms with van der Waals surface area (Å²) in [7, 11) is 0. The fourth-order valence-corrected chi connectivity index (χ4v) is 4.62. The molecule has 2 saturated carbocycles. The van der Waals surface area contributed by atoms with Gasteiger partial charge in [-0.05, 0) is 66.3 Å². The summed E-state index contributed by atoms with van der Waals surface area (Å²) < 4.78 is 2.14. The van der Waals surface area contributed by atoms with Gasteiger partial charge in [-0.1, -0.05) is 13.3 Å². The number of aromatic nitrogens is 2. The third kappa shape index (κ3) is 2.89. The van der Waals surface area contributed by atoms with Crippen molar-refractivity contribution in [3.8, 4) is 0 Å². The summed E-state index contributed by atoms with van der Waals surface area (Å²) in [5, 5.41) is 7.79. The van der Waals surface area contributed by atoms with E-state index in [-0.39, 0.29) is 5.56 Å². The lowest BCUT2D eigenvalue weighted by Gasteiger charge is -2.29. The third-order valence-electron chi connectivity index (χ3n) is 5.24. The molecule has 1 N–H and O–H groups in total. The van der Waals surface area contributed by atoms with Crippen molar-refractivity contribution in [2.75, 3.05) is 5.32 Å². The summed E-state index contributed by atoms with van der Waals surface area (Å²) in [6.45, 7) is 4.96. The smallest absolute Gasteiger partial charge is 0.283 e. The molecule has 116 valence electrons. The van der Waals surface area contributed by atoms with Crippen LogP contribution in [-0.2, 0) is 6.54 Å². The van der Waals surface area contributed by atoms with Gasteiger partial charge in [-0.3, -0.25) is 4.79 Å². The second-order valence-corrected chi connectivity index (χ2v) is 7.47. The van der Waals surface area contributed by atoms with Crippen molar-refractivity contribution in [2.45, 2.75) is 58.5 Å². The van der Waals surface area contributed by atoms with Crippen LogP contribution >= 0.6 is 15.9 Å². The van der Waals surface area contributed by atoms with Crippen molar-refractivity contribution < 1.29 is 0 Å². The van der Waals surface area contributed by atoms with Gasteiger partial charge in [-0.15, -0.1) is 0 Å². The number of fused-ring (bicyclic) bond motifs is 2. The predicted molar refractivity (Wildman–Crippen MR) is 88.5 cm³/mol. The number of hydrogen-bond donors (Lipinski definition) is 1. The average molecular weight is 354 g/mol. The van der Waals surface area contributed by atoms with Crippen molar-refractivity contribution in [1.29, 1.82) is 0 Å². The first-order valence-corrected chi connectivity index (χ1v) is 8.91. The summed E-state index contributed by atoms with van der Waals surface area (Å²) in [6.07, 6.45) is 8.26. The molecule has 4 nitrogen and oxygen atoms in total. The van der Waals surface area contributed by atoms with Gasteiger partial charge >= 0.3 is 0 Å². The van der Waals surface area contributed by atoms with E-state index in [1.807, 2.05) is 6.92 Å². The molecular formula is C16H24BrN3O. The van der Waals surface area contributed by atoms with Gasteiger partial charge in [0.25, 0.3) is 5.56 Å². The van der Waals surface area contributed by atoms with Gasteiger partial charge in [0, 0.05) is 12.6 Å². The van der Waals surface area contributed by atoms with Crippen LogP contribution in [0.2, 0.25) is 0 Å². The van der Waals surface area contributed by atoms with Crippen LogP contribution < -0.4 is 10.9 Å². The Kier molecular flexibility index (Phi) is 4.38. The summed E-state index contributed by atoms with van der Waals surface area (Å²) in [4.78, 5) is 12.2. The zero-order chi connectivity index (χ0) is 15.0. The van der Waals surface area contributed by atoms with Gasteiger partial charge in [-0.25, -0.2) is 4.68 Å². The Hall–Kier alpha value is -0.840. The van der Waals surface area contributed by atoms with Crippen LogP contribution in [0, 0.1) is 17.8 Å². The number of aryl methyl sites for hydroxylation is 1. The normalized spacial score (nSPS) is 28.8. The number of halogens is 1. The molecule has 21 heavy (non-hydrogen) atoms. The fourth-order valence-electron chi connectivity index (χ4n) is 4.20. The minimum Gasteiger partial charge on any atom is -0.380 e. The highest BCUT2D eigenvalue weighted by Crippen LogP contribution is 2.49. The topological polar surface area (TPSA) is 46.9 Å². The molecule has 0 amide bonds. The second-order valence-electron chi connectivity index (χ2n) is 6.67. The Balaban J connectivity index is 1.73. The lowest BCUT2D eigenvalue weighted by Crippen LogP contribution is -2.32. The minimum absolute atomic E-state index is 0.0398. The van der Waals surface area contributed by atoms with Crippen LogP contribution in [0.1, 0.15) is 46.0 Å². The molecule has 2 aliphatic carbocycles. The lowest BCUT2D eigenvalue weighted by atomic mass is 9.84. The molecule has 0 aliphatic heterocycles. The van der Waals surface area contributed by atoms with Crippen molar-refractivity contribution in [2.24, 2.45) is 17.8 Å². The van der Waals surface area contributed by atoms with Crippen molar-refractivity contribution in [3.63, 3.8) is 0 Å². The zero-order valence-electron chi connectivity index (χ0n) is 12.8. The van der Waals surface area contributed by atoms with E-state index in [9.17, 15) is 4.79 Å². The van der Waals surface area contributed by atoms with E-state index in [4.69, 9.17) is 0 Å². The fraction of sp³-hybridized carbons (Fsp3) is 0.750. The molecule has 1 aromatic heterocycles. The van der Waals surface area contributed by atoms with E-state index in [1.54, 1.807) is 6.20 Å². The van der Waals surface area contributed by atoms with E-state index in [0.29, 0.717) is 17.1 Å². The van der Waals surface area contributed by atoms with Crippen LogP contribution in [0.4, 0.5) is 5.69 Å². The Morgan fingerprint density at radius 2 is 2.29 bits per heavy atom. The van der Waals surface area contributed by atoms with Gasteiger partial charge in [-0.2, -0.15) is 5.10 Å². The summed E-state index contributed by atoms with van der Waals surface area (Å²) in [6, 6.07) is 0.403. The Morgan fingerprint density at radius 3 is 2.90 bits per heavy atom. The molecule has 1 heterocycles. The molecule has 0 saturated heterocycles. The first-order chi connectivity index (χ1) is 10.1. The average Bonchev–Trinajstić information content (AvgIpc) is 3.09. The molecule has 4 unspecified atom stereocenters. The number of hydrogen-bond acceptors (Lipinski definition) is 3. The maximum absolute atomic E-state index is 12.2. The van der Waals surface area contributed by atoms with Crippen LogP contribution in [0.3, 0.4) is 0 Å². The third-order valence-corrected chi connectivity index (χ3v) is 6.00. The monoisotopic (exact) mass is 353 g/mol. The largest absolute Gasteiger partial charge is 0.380 e. The van der Waals surface area contributed by atoms with Gasteiger partial charge in [0.05, 0.1) is 11.9 Å². The van der Waals surface area contributed by atoms with Crippen molar-refractivity contribution in [1.82, 2.24) is 9.78 Å². The molecule has 3 rings (SSSR count). The zero-order valence-corrected chi connectivity index (χ0v) is 14.4. The van der Waals surface area contributed by atoms with Crippen LogP contribution in [0.5, 0.6) is 0 Å². The van der Waals surface area contributed by atoms with E-state index >= 15 is 0 Å². The number of rotatable bonds is 5. The molecule has 2 fully saturated rings. The molecule has 4 atom stereocenters. The maximum atomic E-state index is 12.2. The molecule has 2 bridgehead atoms. The quantitative estimate of drug-likeness (QED) is 0.878. The van der Waals surface area contributed by atoms with Crippen LogP contribution in [0.15, 0.2) is 15.5 Å². The highest BCUT2D eigenvalue weighted by atomic mass is 79.9. The van der Waals surface area contributed by atoms with Crippen molar-refractivity contribution >= 4 is 21.6 Å². The molecule has 0 aromatic carbocycles. The molecule has 0 radical (unpaired) electrons. The first kappa shape index (κ1) is 15.1. The van der Waals surface area contributed by atoms with Crippen molar-refractivity contribution in [3.05, 3.63) is 21.0 Å². The molecule has 1 aromatic rings. The van der Waals surface area contributed by atoms with E-state index in [2.05, 4.69) is 33.3 Å². The Labute approximate surface area is 134 Å². The lowest BCUT2D eigenvalue weighted by molar-refractivity contribution is 0.304. The van der Waals surface area contributed by atoms with Crippen LogP contribution in [-0.4, -0.2) is 15.8 Å². The van der Waals surface area contributed by atoms with Gasteiger partial charge in [0.2, 0.25) is 0 Å². The minimum atomic E-state index is -0.0398. The van der Waals surface area contributed by atoms with Gasteiger partial charge in [0.15, 0.2) is 0 Å². The summed E-state index contributed by atoms with van der Waals surface area (Å²) in [5.41, 5.74) is 0.796. The SMILES string of the molecule is CCCn1ncc(NC(C)C2CC3CCC2C3)c(Br)c1=O. The molecule has 0 spiro atoms. The second kappa shape index (κ2) is 6.11. The molecule has 5 heteroatoms. The predicted octanol–water partition coefficient (Wildman–Crippen LogP) is 3.65. The standard InChI is InChI=1S/C16H24BrN3O/c1-3-6-20-16(21)15(17)14(9-18-20)19-10(2)13-8-11-4-5-12(13)7-11/h9-13,19H,3-8H2,1-2H3.